The third-order valence-electron chi connectivity index (χ3n) is 6.39. The van der Waals surface area contributed by atoms with Crippen LogP contribution in [0.15, 0.2) is 34.8 Å². The number of aliphatic imine (C=N–C) groups is 1. The van der Waals surface area contributed by atoms with Gasteiger partial charge in [-0.2, -0.15) is 0 Å². The number of carboxylic acids is 1. The topological polar surface area (TPSA) is 90.8 Å². The summed E-state index contributed by atoms with van der Waals surface area (Å²) >= 11 is 0. The Morgan fingerprint density at radius 3 is 2.24 bits per heavy atom. The van der Waals surface area contributed by atoms with Gasteiger partial charge in [0.2, 0.25) is 5.91 Å². The first-order valence-corrected chi connectivity index (χ1v) is 11.4. The minimum atomic E-state index is -0.929. The van der Waals surface area contributed by atoms with Crippen LogP contribution in [0.5, 0.6) is 0 Å². The number of benzene rings is 2. The molecule has 0 saturated carbocycles. The van der Waals surface area contributed by atoms with Gasteiger partial charge in [-0.3, -0.25) is 14.6 Å². The lowest BCUT2D eigenvalue weighted by molar-refractivity contribution is -0.136. The van der Waals surface area contributed by atoms with Gasteiger partial charge in [-0.15, -0.1) is 0 Å². The van der Waals surface area contributed by atoms with Crippen LogP contribution in [-0.2, 0) is 9.59 Å². The molecular weight excluding hydrogens is 414 g/mol. The number of amides is 1. The van der Waals surface area contributed by atoms with Gasteiger partial charge in [-0.1, -0.05) is 12.1 Å². The van der Waals surface area contributed by atoms with Crippen molar-refractivity contribution >= 4 is 29.9 Å². The lowest BCUT2D eigenvalue weighted by atomic mass is 9.85. The normalized spacial score (nSPS) is 15.5. The fourth-order valence-corrected chi connectivity index (χ4v) is 4.24. The molecule has 174 valence electrons. The van der Waals surface area contributed by atoms with E-state index in [2.05, 4.69) is 67.6 Å². The molecule has 6 nitrogen and oxygen atoms in total. The Labute approximate surface area is 195 Å². The summed E-state index contributed by atoms with van der Waals surface area (Å²) in [6.45, 7) is 10.3. The van der Waals surface area contributed by atoms with Crippen molar-refractivity contribution in [3.05, 3.63) is 57.7 Å². The average molecular weight is 448 g/mol. The largest absolute Gasteiger partial charge is 0.481 e. The van der Waals surface area contributed by atoms with Gasteiger partial charge in [0.25, 0.3) is 0 Å². The minimum absolute atomic E-state index is 0.0911. The van der Waals surface area contributed by atoms with Crippen LogP contribution in [0.4, 0.5) is 5.69 Å². The highest BCUT2D eigenvalue weighted by atomic mass is 16.4. The summed E-state index contributed by atoms with van der Waals surface area (Å²) in [5, 5.41) is 14.9. The van der Waals surface area contributed by atoms with Crippen molar-refractivity contribution in [3.63, 3.8) is 0 Å². The second kappa shape index (κ2) is 10.5. The van der Waals surface area contributed by atoms with Crippen molar-refractivity contribution < 1.29 is 14.7 Å². The first-order chi connectivity index (χ1) is 15.7. The van der Waals surface area contributed by atoms with E-state index in [0.717, 1.165) is 40.8 Å². The number of anilines is 1. The van der Waals surface area contributed by atoms with E-state index in [-0.39, 0.29) is 25.0 Å². The van der Waals surface area contributed by atoms with E-state index >= 15 is 0 Å². The number of hydrogen-bond donors (Lipinski definition) is 3. The Morgan fingerprint density at radius 1 is 1.06 bits per heavy atom. The van der Waals surface area contributed by atoms with Crippen LogP contribution in [0.1, 0.15) is 54.0 Å². The number of nitrogens with zero attached hydrogens (tertiary/aromatic N) is 1. The van der Waals surface area contributed by atoms with Gasteiger partial charge < -0.3 is 15.7 Å². The van der Waals surface area contributed by atoms with Crippen molar-refractivity contribution in [2.24, 2.45) is 4.99 Å². The minimum Gasteiger partial charge on any atom is -0.481 e. The number of carboxylic acid groups (broad SMARTS) is 1. The van der Waals surface area contributed by atoms with E-state index in [4.69, 9.17) is 5.11 Å². The van der Waals surface area contributed by atoms with Gasteiger partial charge in [-0.25, -0.2) is 0 Å². The molecule has 0 radical (unpaired) electrons. The zero-order chi connectivity index (χ0) is 24.1. The van der Waals surface area contributed by atoms with Crippen molar-refractivity contribution in [3.8, 4) is 11.1 Å². The second-order valence-corrected chi connectivity index (χ2v) is 8.66. The molecule has 2 aromatic carbocycles. The van der Waals surface area contributed by atoms with Gasteiger partial charge in [0, 0.05) is 24.0 Å². The highest BCUT2D eigenvalue weighted by Crippen LogP contribution is 2.36. The molecule has 1 unspecified atom stereocenters. The molecule has 0 spiro atoms. The Bertz CT molecular complexity index is 1090. The molecule has 33 heavy (non-hydrogen) atoms. The molecule has 0 fully saturated rings. The van der Waals surface area contributed by atoms with E-state index < -0.39 is 5.97 Å². The number of carbonyl (C=O) groups excluding carboxylic acids is 1. The fourth-order valence-electron chi connectivity index (χ4n) is 4.24. The highest BCUT2D eigenvalue weighted by Gasteiger charge is 2.17. The predicted octanol–water partition coefficient (Wildman–Crippen LogP) is 5.18. The SMILES string of the molecule is CC(=Cc1c(C)c(C)c(-c2ccc(NC3CCC=N3)cc2)c(C)c1C)C(=O)NCCC(=O)O. The molecule has 1 aliphatic heterocycles. The zero-order valence-corrected chi connectivity index (χ0v) is 20.1. The Hall–Kier alpha value is -3.41. The lowest BCUT2D eigenvalue weighted by Crippen LogP contribution is -2.26. The first-order valence-electron chi connectivity index (χ1n) is 11.4. The van der Waals surface area contributed by atoms with Gasteiger partial charge in [0.05, 0.1) is 6.42 Å². The highest BCUT2D eigenvalue weighted by molar-refractivity contribution is 5.98. The quantitative estimate of drug-likeness (QED) is 0.486. The van der Waals surface area contributed by atoms with E-state index in [1.165, 1.54) is 16.7 Å². The summed E-state index contributed by atoms with van der Waals surface area (Å²) in [5.74, 6) is -1.18. The summed E-state index contributed by atoms with van der Waals surface area (Å²) in [6, 6.07) is 8.50. The number of aliphatic carboxylic acids is 1. The second-order valence-electron chi connectivity index (χ2n) is 8.66. The molecule has 1 atom stereocenters. The van der Waals surface area contributed by atoms with Crippen LogP contribution in [-0.4, -0.2) is 35.9 Å². The summed E-state index contributed by atoms with van der Waals surface area (Å²) < 4.78 is 0. The van der Waals surface area contributed by atoms with Crippen LogP contribution in [0.25, 0.3) is 17.2 Å². The van der Waals surface area contributed by atoms with Crippen molar-refractivity contribution in [2.75, 3.05) is 11.9 Å². The van der Waals surface area contributed by atoms with Crippen molar-refractivity contribution in [1.29, 1.82) is 0 Å². The number of rotatable bonds is 8. The first kappa shape index (κ1) is 24.2. The molecule has 1 aliphatic rings. The van der Waals surface area contributed by atoms with Crippen LogP contribution in [0.3, 0.4) is 0 Å². The van der Waals surface area contributed by atoms with Crippen LogP contribution >= 0.6 is 0 Å². The zero-order valence-electron chi connectivity index (χ0n) is 20.1. The Balaban J connectivity index is 1.86. The Kier molecular flexibility index (Phi) is 7.69. The van der Waals surface area contributed by atoms with Gasteiger partial charge in [-0.05, 0) is 105 Å². The fraction of sp³-hybridized carbons (Fsp3) is 0.370. The molecule has 3 N–H and O–H groups in total. The number of nitrogens with one attached hydrogen (secondary N) is 2. The van der Waals surface area contributed by atoms with E-state index in [9.17, 15) is 9.59 Å². The van der Waals surface area contributed by atoms with Gasteiger partial charge >= 0.3 is 5.97 Å². The molecular formula is C27H33N3O3. The molecule has 1 amide bonds. The lowest BCUT2D eigenvalue weighted by Gasteiger charge is -2.20. The molecule has 0 aromatic heterocycles. The molecule has 3 rings (SSSR count). The molecule has 0 bridgehead atoms. The van der Waals surface area contributed by atoms with E-state index in [0.29, 0.717) is 5.57 Å². The van der Waals surface area contributed by atoms with Crippen LogP contribution in [0, 0.1) is 27.7 Å². The predicted molar refractivity (Wildman–Crippen MR) is 135 cm³/mol. The number of carbonyl (C=O) groups is 2. The van der Waals surface area contributed by atoms with Crippen molar-refractivity contribution in [2.45, 2.75) is 60.0 Å². The van der Waals surface area contributed by atoms with Gasteiger partial charge in [0.15, 0.2) is 0 Å². The summed E-state index contributed by atoms with van der Waals surface area (Å²) in [6.07, 6.45) is 6.01. The van der Waals surface area contributed by atoms with Gasteiger partial charge in [0.1, 0.15) is 6.17 Å². The number of hydrogen-bond acceptors (Lipinski definition) is 4. The molecule has 6 heteroatoms. The summed E-state index contributed by atoms with van der Waals surface area (Å²) in [5.41, 5.74) is 9.68. The maximum Gasteiger partial charge on any atom is 0.305 e. The average Bonchev–Trinajstić information content (AvgIpc) is 3.29. The van der Waals surface area contributed by atoms with Crippen LogP contribution in [0.2, 0.25) is 0 Å². The molecule has 0 saturated heterocycles. The van der Waals surface area contributed by atoms with Crippen LogP contribution < -0.4 is 10.6 Å². The van der Waals surface area contributed by atoms with E-state index in [1.54, 1.807) is 6.92 Å². The molecule has 0 aliphatic carbocycles. The van der Waals surface area contributed by atoms with Crippen molar-refractivity contribution in [1.82, 2.24) is 5.32 Å². The summed E-state index contributed by atoms with van der Waals surface area (Å²) in [7, 11) is 0. The standard InChI is InChI=1S/C27H33N3O3/c1-16(27(33)29-14-12-25(31)32)15-23-17(2)19(4)26(20(5)18(23)3)21-8-10-22(11-9-21)30-24-7-6-13-28-24/h8-11,13,15,24,30H,6-7,12,14H2,1-5H3,(H,29,33)(H,31,32). The third-order valence-corrected chi connectivity index (χ3v) is 6.39. The van der Waals surface area contributed by atoms with E-state index in [1.807, 2.05) is 12.3 Å². The monoisotopic (exact) mass is 447 g/mol. The third kappa shape index (κ3) is 5.69. The molecule has 2 aromatic rings. The maximum atomic E-state index is 12.4. The Morgan fingerprint density at radius 2 is 1.70 bits per heavy atom. The maximum absolute atomic E-state index is 12.4. The summed E-state index contributed by atoms with van der Waals surface area (Å²) in [4.78, 5) is 27.5. The smallest absolute Gasteiger partial charge is 0.305 e. The molecule has 1 heterocycles.